The monoisotopic (exact) mass is 567 g/mol. The third-order valence-electron chi connectivity index (χ3n) is 7.47. The molecule has 2 aliphatic heterocycles. The number of aliphatic hydroxyl groups excluding tert-OH is 1. The fourth-order valence-electron chi connectivity index (χ4n) is 5.23. The van der Waals surface area contributed by atoms with Gasteiger partial charge in [-0.2, -0.15) is 0 Å². The van der Waals surface area contributed by atoms with Gasteiger partial charge in [-0.1, -0.05) is 17.7 Å². The van der Waals surface area contributed by atoms with Crippen molar-refractivity contribution in [1.29, 1.82) is 0 Å². The number of carbonyl (C=O) groups is 1. The number of rotatable bonds is 10. The first-order valence-electron chi connectivity index (χ1n) is 13.4. The van der Waals surface area contributed by atoms with E-state index < -0.39 is 18.5 Å². The van der Waals surface area contributed by atoms with Crippen LogP contribution >= 0.6 is 11.6 Å². The Balaban J connectivity index is 1.23. The molecule has 0 aromatic heterocycles. The number of hydrogen-bond donors (Lipinski definition) is 2. The number of likely N-dealkylation sites (tertiary alicyclic amines) is 1. The van der Waals surface area contributed by atoms with Crippen LogP contribution in [0.4, 0.5) is 18.9 Å². The molecule has 5 rings (SSSR count). The summed E-state index contributed by atoms with van der Waals surface area (Å²) in [5.41, 5.74) is 1.33. The van der Waals surface area contributed by atoms with E-state index in [9.17, 15) is 23.1 Å². The fourth-order valence-corrected chi connectivity index (χ4v) is 5.46. The molecule has 0 bridgehead atoms. The largest absolute Gasteiger partial charge is 0.573 e. The van der Waals surface area contributed by atoms with Crippen LogP contribution in [0.2, 0.25) is 5.02 Å². The van der Waals surface area contributed by atoms with Crippen molar-refractivity contribution in [3.8, 4) is 11.5 Å². The summed E-state index contributed by atoms with van der Waals surface area (Å²) >= 11 is 6.44. The van der Waals surface area contributed by atoms with Gasteiger partial charge in [-0.3, -0.25) is 4.79 Å². The van der Waals surface area contributed by atoms with Gasteiger partial charge in [0.15, 0.2) is 0 Å². The zero-order valence-electron chi connectivity index (χ0n) is 21.5. The van der Waals surface area contributed by atoms with Crippen LogP contribution in [0.1, 0.15) is 43.8 Å². The molecule has 39 heavy (non-hydrogen) atoms. The minimum Gasteiger partial charge on any atom is -0.489 e. The van der Waals surface area contributed by atoms with Crippen LogP contribution in [0.15, 0.2) is 42.5 Å². The van der Waals surface area contributed by atoms with E-state index in [1.165, 1.54) is 12.1 Å². The zero-order valence-corrected chi connectivity index (χ0v) is 22.3. The Morgan fingerprint density at radius 3 is 2.44 bits per heavy atom. The summed E-state index contributed by atoms with van der Waals surface area (Å²) in [5, 5.41) is 14.9. The number of benzene rings is 2. The van der Waals surface area contributed by atoms with Crippen molar-refractivity contribution in [2.45, 2.75) is 56.7 Å². The molecule has 2 N–H and O–H groups in total. The van der Waals surface area contributed by atoms with Gasteiger partial charge in [-0.15, -0.1) is 13.2 Å². The van der Waals surface area contributed by atoms with Gasteiger partial charge in [0.25, 0.3) is 0 Å². The Bertz CT molecular complexity index is 1140. The third kappa shape index (κ3) is 7.49. The normalized spacial score (nSPS) is 21.6. The average Bonchev–Trinajstić information content (AvgIpc) is 3.33. The van der Waals surface area contributed by atoms with Crippen molar-refractivity contribution in [3.05, 3.63) is 53.1 Å². The van der Waals surface area contributed by atoms with Crippen LogP contribution in [-0.2, 0) is 4.79 Å². The van der Waals surface area contributed by atoms with Crippen molar-refractivity contribution in [3.63, 3.8) is 0 Å². The van der Waals surface area contributed by atoms with E-state index in [0.717, 1.165) is 44.5 Å². The van der Waals surface area contributed by atoms with Crippen molar-refractivity contribution < 1.29 is 32.5 Å². The summed E-state index contributed by atoms with van der Waals surface area (Å²) in [4.78, 5) is 17.5. The molecular weight excluding hydrogens is 535 g/mol. The maximum Gasteiger partial charge on any atom is 0.573 e. The Labute approximate surface area is 230 Å². The Kier molecular flexibility index (Phi) is 8.44. The first kappa shape index (κ1) is 27.9. The molecule has 212 valence electrons. The Morgan fingerprint density at radius 1 is 1.08 bits per heavy atom. The summed E-state index contributed by atoms with van der Waals surface area (Å²) in [6.07, 6.45) is -0.703. The first-order valence-corrected chi connectivity index (χ1v) is 13.8. The van der Waals surface area contributed by atoms with Crippen LogP contribution in [0.25, 0.3) is 0 Å². The molecule has 1 saturated carbocycles. The first-order chi connectivity index (χ1) is 18.6. The van der Waals surface area contributed by atoms with Crippen LogP contribution < -0.4 is 19.7 Å². The van der Waals surface area contributed by atoms with Crippen molar-refractivity contribution in [2.75, 3.05) is 37.6 Å². The molecule has 2 heterocycles. The van der Waals surface area contributed by atoms with Gasteiger partial charge >= 0.3 is 6.36 Å². The van der Waals surface area contributed by atoms with Gasteiger partial charge in [-0.25, -0.2) is 0 Å². The SMILES string of the molecule is O=C(N[C@H](CN1CCCC1)[C@H](O)c1ccc(OC2CC2)c(Cl)c1)C1CCN(c2ccc(OC(F)(F)F)cc2)C1. The summed E-state index contributed by atoms with van der Waals surface area (Å²) in [7, 11) is 0. The molecule has 2 aromatic carbocycles. The standard InChI is InChI=1S/C28H33ClF3N3O4/c29-23-15-18(3-10-25(23)38-21-8-9-21)26(36)24(17-34-12-1-2-13-34)33-27(37)19-11-14-35(16-19)20-4-6-22(7-5-20)39-28(30,31)32/h3-7,10,15,19,21,24,26,36H,1-2,8-9,11-14,16-17H2,(H,33,37)/t19?,24-,26-/m1/s1. The van der Waals surface area contributed by atoms with Gasteiger partial charge in [-0.05, 0) is 87.2 Å². The number of alkyl halides is 3. The van der Waals surface area contributed by atoms with Gasteiger partial charge in [0.2, 0.25) is 5.91 Å². The number of anilines is 1. The second-order valence-electron chi connectivity index (χ2n) is 10.5. The molecule has 1 amide bonds. The predicted molar refractivity (Wildman–Crippen MR) is 141 cm³/mol. The predicted octanol–water partition coefficient (Wildman–Crippen LogP) is 4.92. The van der Waals surface area contributed by atoms with Crippen LogP contribution in [0.3, 0.4) is 0 Å². The van der Waals surface area contributed by atoms with E-state index in [-0.39, 0.29) is 23.7 Å². The fraction of sp³-hybridized carbons (Fsp3) is 0.536. The lowest BCUT2D eigenvalue weighted by molar-refractivity contribution is -0.274. The lowest BCUT2D eigenvalue weighted by Gasteiger charge is -2.30. The number of nitrogens with zero attached hydrogens (tertiary/aromatic N) is 2. The van der Waals surface area contributed by atoms with Crippen molar-refractivity contribution >= 4 is 23.2 Å². The smallest absolute Gasteiger partial charge is 0.489 e. The van der Waals surface area contributed by atoms with E-state index >= 15 is 0 Å². The molecule has 3 aliphatic rings. The van der Waals surface area contributed by atoms with E-state index in [0.29, 0.717) is 42.4 Å². The molecule has 1 unspecified atom stereocenters. The maximum atomic E-state index is 13.3. The molecule has 7 nitrogen and oxygen atoms in total. The molecule has 1 aliphatic carbocycles. The van der Waals surface area contributed by atoms with Gasteiger partial charge < -0.3 is 29.7 Å². The summed E-state index contributed by atoms with van der Waals surface area (Å²) in [6, 6.07) is 10.4. The summed E-state index contributed by atoms with van der Waals surface area (Å²) < 4.78 is 47.1. The van der Waals surface area contributed by atoms with E-state index in [4.69, 9.17) is 16.3 Å². The number of amides is 1. The topological polar surface area (TPSA) is 74.3 Å². The molecule has 2 aromatic rings. The molecule has 0 spiro atoms. The zero-order chi connectivity index (χ0) is 27.6. The minimum atomic E-state index is -4.74. The number of nitrogens with one attached hydrogen (secondary N) is 1. The highest BCUT2D eigenvalue weighted by Gasteiger charge is 2.34. The highest BCUT2D eigenvalue weighted by Crippen LogP contribution is 2.34. The molecular formula is C28H33ClF3N3O4. The lowest BCUT2D eigenvalue weighted by atomic mass is 10.00. The van der Waals surface area contributed by atoms with Crippen LogP contribution in [0.5, 0.6) is 11.5 Å². The molecule has 3 atom stereocenters. The quantitative estimate of drug-likeness (QED) is 0.425. The van der Waals surface area contributed by atoms with Gasteiger partial charge in [0.05, 0.1) is 23.1 Å². The maximum absolute atomic E-state index is 13.3. The van der Waals surface area contributed by atoms with E-state index in [1.54, 1.807) is 30.3 Å². The highest BCUT2D eigenvalue weighted by atomic mass is 35.5. The molecule has 3 fully saturated rings. The number of aliphatic hydroxyl groups is 1. The van der Waals surface area contributed by atoms with E-state index in [1.807, 2.05) is 4.90 Å². The number of ether oxygens (including phenoxy) is 2. The molecule has 11 heteroatoms. The lowest BCUT2D eigenvalue weighted by Crippen LogP contribution is -2.48. The molecule has 2 saturated heterocycles. The second-order valence-corrected chi connectivity index (χ2v) is 11.0. The summed E-state index contributed by atoms with van der Waals surface area (Å²) in [6.45, 7) is 3.37. The highest BCUT2D eigenvalue weighted by molar-refractivity contribution is 6.32. The number of halogens is 4. The van der Waals surface area contributed by atoms with Crippen molar-refractivity contribution in [1.82, 2.24) is 10.2 Å². The number of carbonyl (C=O) groups excluding carboxylic acids is 1. The van der Waals surface area contributed by atoms with Gasteiger partial charge in [0.1, 0.15) is 17.6 Å². The van der Waals surface area contributed by atoms with Gasteiger partial charge in [0, 0.05) is 25.3 Å². The Hall–Kier alpha value is -2.69. The second kappa shape index (κ2) is 11.8. The summed E-state index contributed by atoms with van der Waals surface area (Å²) in [5.74, 6) is -0.162. The van der Waals surface area contributed by atoms with Crippen molar-refractivity contribution in [2.24, 2.45) is 5.92 Å². The third-order valence-corrected chi connectivity index (χ3v) is 7.77. The molecule has 0 radical (unpaired) electrons. The van der Waals surface area contributed by atoms with E-state index in [2.05, 4.69) is 15.0 Å². The Morgan fingerprint density at radius 2 is 1.79 bits per heavy atom. The van der Waals surface area contributed by atoms with Crippen LogP contribution in [0, 0.1) is 5.92 Å². The average molecular weight is 568 g/mol. The number of hydrogen-bond acceptors (Lipinski definition) is 6. The minimum absolute atomic E-state index is 0.155. The van der Waals surface area contributed by atoms with Crippen LogP contribution in [-0.4, -0.2) is 67.1 Å².